The van der Waals surface area contributed by atoms with Crippen LogP contribution >= 0.6 is 0 Å². The first kappa shape index (κ1) is 13.2. The molecule has 0 aromatic heterocycles. The average Bonchev–Trinajstić information content (AvgIpc) is 2.27. The fraction of sp³-hybridized carbons (Fsp3) is 0.385. The molecule has 0 bridgehead atoms. The number of carbonyl (C=O) groups is 2. The minimum Gasteiger partial charge on any atom is -0.355 e. The van der Waals surface area contributed by atoms with E-state index in [-0.39, 0.29) is 11.8 Å². The summed E-state index contributed by atoms with van der Waals surface area (Å²) >= 11 is 0. The highest BCUT2D eigenvalue weighted by Crippen LogP contribution is 2.03. The second-order valence-corrected chi connectivity index (χ2v) is 4.00. The Morgan fingerprint density at radius 2 is 1.65 bits per heavy atom. The third-order valence-corrected chi connectivity index (χ3v) is 2.31. The van der Waals surface area contributed by atoms with Crippen molar-refractivity contribution < 1.29 is 9.59 Å². The first-order valence-corrected chi connectivity index (χ1v) is 5.64. The van der Waals surface area contributed by atoms with E-state index in [0.717, 1.165) is 5.56 Å². The number of hydrogen-bond donors (Lipinski definition) is 2. The van der Waals surface area contributed by atoms with Gasteiger partial charge in [0.15, 0.2) is 0 Å². The molecule has 0 spiro atoms. The smallest absolute Gasteiger partial charge is 0.224 e. The van der Waals surface area contributed by atoms with E-state index in [0.29, 0.717) is 19.5 Å². The zero-order chi connectivity index (χ0) is 12.7. The highest BCUT2D eigenvalue weighted by molar-refractivity contribution is 5.78. The molecule has 0 aliphatic carbocycles. The molecule has 0 saturated carbocycles. The van der Waals surface area contributed by atoms with Crippen LogP contribution in [0, 0.1) is 6.92 Å². The molecule has 1 aromatic carbocycles. The molecule has 0 saturated heterocycles. The number of rotatable bonds is 5. The molecule has 2 amide bonds. The lowest BCUT2D eigenvalue weighted by Crippen LogP contribution is -2.34. The molecule has 92 valence electrons. The quantitative estimate of drug-likeness (QED) is 0.740. The van der Waals surface area contributed by atoms with Crippen LogP contribution in [0.2, 0.25) is 0 Å². The van der Waals surface area contributed by atoms with Gasteiger partial charge in [-0.25, -0.2) is 0 Å². The van der Waals surface area contributed by atoms with Crippen LogP contribution in [0.4, 0.5) is 0 Å². The van der Waals surface area contributed by atoms with E-state index in [4.69, 9.17) is 0 Å². The van der Waals surface area contributed by atoms with Gasteiger partial charge in [0.1, 0.15) is 0 Å². The van der Waals surface area contributed by atoms with Gasteiger partial charge in [0.05, 0.1) is 6.42 Å². The Balaban J connectivity index is 2.25. The second-order valence-electron chi connectivity index (χ2n) is 4.00. The van der Waals surface area contributed by atoms with Crippen molar-refractivity contribution in [2.45, 2.75) is 20.3 Å². The summed E-state index contributed by atoms with van der Waals surface area (Å²) in [6.45, 7) is 4.39. The Hall–Kier alpha value is -1.84. The van der Waals surface area contributed by atoms with Crippen molar-refractivity contribution in [1.82, 2.24) is 10.6 Å². The molecule has 1 rings (SSSR count). The standard InChI is InChI=1S/C13H18N2O2/c1-10-3-5-12(6-4-10)9-13(17)15-8-7-14-11(2)16/h3-6H,7-9H2,1-2H3,(H,14,16)(H,15,17). The molecular weight excluding hydrogens is 216 g/mol. The molecule has 0 atom stereocenters. The molecule has 0 radical (unpaired) electrons. The van der Waals surface area contributed by atoms with Gasteiger partial charge in [-0.15, -0.1) is 0 Å². The summed E-state index contributed by atoms with van der Waals surface area (Å²) in [6.07, 6.45) is 0.375. The van der Waals surface area contributed by atoms with Crippen LogP contribution < -0.4 is 10.6 Å². The fourth-order valence-corrected chi connectivity index (χ4v) is 1.39. The topological polar surface area (TPSA) is 58.2 Å². The summed E-state index contributed by atoms with van der Waals surface area (Å²) in [5.41, 5.74) is 2.17. The molecular formula is C13H18N2O2. The van der Waals surface area contributed by atoms with Crippen LogP contribution in [0.1, 0.15) is 18.1 Å². The highest BCUT2D eigenvalue weighted by atomic mass is 16.2. The number of carbonyl (C=O) groups excluding carboxylic acids is 2. The van der Waals surface area contributed by atoms with Crippen LogP contribution in [0.25, 0.3) is 0 Å². The lowest BCUT2D eigenvalue weighted by Gasteiger charge is -2.06. The highest BCUT2D eigenvalue weighted by Gasteiger charge is 2.02. The van der Waals surface area contributed by atoms with Crippen LogP contribution in [0.5, 0.6) is 0 Å². The Labute approximate surface area is 101 Å². The summed E-state index contributed by atoms with van der Waals surface area (Å²) in [5.74, 6) is -0.114. The zero-order valence-electron chi connectivity index (χ0n) is 10.2. The van der Waals surface area contributed by atoms with Crippen LogP contribution in [0.3, 0.4) is 0 Å². The Morgan fingerprint density at radius 3 is 2.24 bits per heavy atom. The van der Waals surface area contributed by atoms with Crippen molar-refractivity contribution in [3.05, 3.63) is 35.4 Å². The molecule has 0 heterocycles. The molecule has 0 fully saturated rings. The predicted molar refractivity (Wildman–Crippen MR) is 66.6 cm³/mol. The van der Waals surface area contributed by atoms with Gasteiger partial charge in [0.2, 0.25) is 11.8 Å². The van der Waals surface area contributed by atoms with Gasteiger partial charge in [-0.05, 0) is 12.5 Å². The maximum absolute atomic E-state index is 11.5. The van der Waals surface area contributed by atoms with Gasteiger partial charge in [-0.1, -0.05) is 29.8 Å². The molecule has 1 aromatic rings. The lowest BCUT2D eigenvalue weighted by molar-refractivity contribution is -0.121. The summed E-state index contributed by atoms with van der Waals surface area (Å²) in [6, 6.07) is 7.87. The number of benzene rings is 1. The molecule has 0 aliphatic rings. The van der Waals surface area contributed by atoms with Crippen molar-refractivity contribution in [3.8, 4) is 0 Å². The third-order valence-electron chi connectivity index (χ3n) is 2.31. The van der Waals surface area contributed by atoms with Gasteiger partial charge in [0.25, 0.3) is 0 Å². The van der Waals surface area contributed by atoms with Gasteiger partial charge < -0.3 is 10.6 Å². The molecule has 2 N–H and O–H groups in total. The normalized spacial score (nSPS) is 9.76. The Morgan fingerprint density at radius 1 is 1.06 bits per heavy atom. The van der Waals surface area contributed by atoms with E-state index in [2.05, 4.69) is 10.6 Å². The van der Waals surface area contributed by atoms with E-state index in [1.807, 2.05) is 31.2 Å². The molecule has 4 heteroatoms. The van der Waals surface area contributed by atoms with E-state index < -0.39 is 0 Å². The van der Waals surface area contributed by atoms with Gasteiger partial charge in [-0.2, -0.15) is 0 Å². The van der Waals surface area contributed by atoms with E-state index in [1.165, 1.54) is 12.5 Å². The van der Waals surface area contributed by atoms with E-state index in [1.54, 1.807) is 0 Å². The monoisotopic (exact) mass is 234 g/mol. The number of nitrogens with one attached hydrogen (secondary N) is 2. The molecule has 0 unspecified atom stereocenters. The summed E-state index contributed by atoms with van der Waals surface area (Å²) in [7, 11) is 0. The second kappa shape index (κ2) is 6.68. The zero-order valence-corrected chi connectivity index (χ0v) is 10.2. The Bertz CT molecular complexity index is 385. The summed E-state index contributed by atoms with van der Waals surface area (Å²) < 4.78 is 0. The van der Waals surface area contributed by atoms with Crippen LogP contribution in [-0.2, 0) is 16.0 Å². The first-order valence-electron chi connectivity index (χ1n) is 5.64. The van der Waals surface area contributed by atoms with Crippen LogP contribution in [-0.4, -0.2) is 24.9 Å². The van der Waals surface area contributed by atoms with E-state index in [9.17, 15) is 9.59 Å². The fourth-order valence-electron chi connectivity index (χ4n) is 1.39. The van der Waals surface area contributed by atoms with Crippen molar-refractivity contribution in [2.24, 2.45) is 0 Å². The third kappa shape index (κ3) is 5.70. The Kier molecular flexibility index (Phi) is 5.20. The number of amides is 2. The lowest BCUT2D eigenvalue weighted by atomic mass is 10.1. The van der Waals surface area contributed by atoms with Crippen molar-refractivity contribution >= 4 is 11.8 Å². The van der Waals surface area contributed by atoms with Gasteiger partial charge >= 0.3 is 0 Å². The summed E-state index contributed by atoms with van der Waals surface area (Å²) in [5, 5.41) is 5.37. The first-order chi connectivity index (χ1) is 8.08. The van der Waals surface area contributed by atoms with Crippen LogP contribution in [0.15, 0.2) is 24.3 Å². The minimum atomic E-state index is -0.0854. The maximum atomic E-state index is 11.5. The van der Waals surface area contributed by atoms with Crippen molar-refractivity contribution in [3.63, 3.8) is 0 Å². The van der Waals surface area contributed by atoms with E-state index >= 15 is 0 Å². The number of aryl methyl sites for hydroxylation is 1. The minimum absolute atomic E-state index is 0.0285. The summed E-state index contributed by atoms with van der Waals surface area (Å²) in [4.78, 5) is 22.1. The maximum Gasteiger partial charge on any atom is 0.224 e. The largest absolute Gasteiger partial charge is 0.355 e. The van der Waals surface area contributed by atoms with Crippen molar-refractivity contribution in [1.29, 1.82) is 0 Å². The average molecular weight is 234 g/mol. The predicted octanol–water partition coefficient (Wildman–Crippen LogP) is 0.790. The molecule has 17 heavy (non-hydrogen) atoms. The number of hydrogen-bond acceptors (Lipinski definition) is 2. The molecule has 4 nitrogen and oxygen atoms in total. The SMILES string of the molecule is CC(=O)NCCNC(=O)Cc1ccc(C)cc1. The van der Waals surface area contributed by atoms with Crippen molar-refractivity contribution in [2.75, 3.05) is 13.1 Å². The molecule has 0 aliphatic heterocycles. The van der Waals surface area contributed by atoms with Gasteiger partial charge in [0, 0.05) is 20.0 Å². The van der Waals surface area contributed by atoms with Gasteiger partial charge in [-0.3, -0.25) is 9.59 Å².